The maximum Gasteiger partial charge on any atom is 0.311 e. The molecule has 2 N–H and O–H groups in total. The zero-order chi connectivity index (χ0) is 12.8. The van der Waals surface area contributed by atoms with E-state index in [4.69, 9.17) is 15.2 Å². The molecule has 0 spiro atoms. The molecule has 1 aliphatic heterocycles. The highest BCUT2D eigenvalue weighted by Crippen LogP contribution is 2.25. The van der Waals surface area contributed by atoms with E-state index in [0.29, 0.717) is 25.1 Å². The van der Waals surface area contributed by atoms with Crippen molar-refractivity contribution < 1.29 is 19.1 Å². The summed E-state index contributed by atoms with van der Waals surface area (Å²) in [5, 5.41) is 0. The van der Waals surface area contributed by atoms with Crippen LogP contribution in [-0.2, 0) is 19.1 Å². The predicted molar refractivity (Wildman–Crippen MR) is 61.9 cm³/mol. The van der Waals surface area contributed by atoms with Gasteiger partial charge in [0.05, 0.1) is 0 Å². The van der Waals surface area contributed by atoms with Crippen LogP contribution in [0.15, 0.2) is 11.5 Å². The minimum Gasteiger partial charge on any atom is -0.483 e. The quantitative estimate of drug-likeness (QED) is 0.559. The van der Waals surface area contributed by atoms with Gasteiger partial charge in [-0.3, -0.25) is 9.59 Å². The van der Waals surface area contributed by atoms with Gasteiger partial charge in [0.2, 0.25) is 11.5 Å². The predicted octanol–water partition coefficient (Wildman–Crippen LogP) is 1.27. The minimum atomic E-state index is -0.545. The topological polar surface area (TPSA) is 78.6 Å². The number of allylic oxidation sites excluding steroid dienone is 1. The lowest BCUT2D eigenvalue weighted by Gasteiger charge is -2.04. The van der Waals surface area contributed by atoms with Crippen LogP contribution in [0, 0.1) is 0 Å². The standard InChI is InChI=1S/C12H19NO4/c1-3-9-12(11(15)8(2)16-9)17-10(14)6-4-5-7-13/h8H,3-7,13H2,1-2H3. The Kier molecular flexibility index (Phi) is 5.15. The lowest BCUT2D eigenvalue weighted by molar-refractivity contribution is -0.142. The van der Waals surface area contributed by atoms with Crippen LogP contribution in [0.3, 0.4) is 0 Å². The van der Waals surface area contributed by atoms with Gasteiger partial charge in [-0.15, -0.1) is 0 Å². The zero-order valence-electron chi connectivity index (χ0n) is 10.3. The molecule has 1 unspecified atom stereocenters. The molecule has 0 saturated heterocycles. The number of unbranched alkanes of at least 4 members (excludes halogenated alkanes) is 1. The van der Waals surface area contributed by atoms with E-state index in [2.05, 4.69) is 0 Å². The Bertz CT molecular complexity index is 335. The Morgan fingerprint density at radius 1 is 1.47 bits per heavy atom. The van der Waals surface area contributed by atoms with Crippen molar-refractivity contribution in [3.63, 3.8) is 0 Å². The van der Waals surface area contributed by atoms with Gasteiger partial charge in [0.15, 0.2) is 6.10 Å². The van der Waals surface area contributed by atoms with Crippen molar-refractivity contribution in [2.45, 2.75) is 45.6 Å². The van der Waals surface area contributed by atoms with Crippen molar-refractivity contribution in [3.8, 4) is 0 Å². The largest absolute Gasteiger partial charge is 0.483 e. The summed E-state index contributed by atoms with van der Waals surface area (Å²) in [7, 11) is 0. The second-order valence-corrected chi connectivity index (χ2v) is 3.95. The van der Waals surface area contributed by atoms with E-state index in [0.717, 1.165) is 6.42 Å². The number of hydrogen-bond acceptors (Lipinski definition) is 5. The maximum atomic E-state index is 11.7. The van der Waals surface area contributed by atoms with Crippen LogP contribution in [0.5, 0.6) is 0 Å². The molecule has 0 bridgehead atoms. The number of esters is 1. The average molecular weight is 241 g/mol. The van der Waals surface area contributed by atoms with Gasteiger partial charge < -0.3 is 15.2 Å². The summed E-state index contributed by atoms with van der Waals surface area (Å²) < 4.78 is 10.4. The number of hydrogen-bond donors (Lipinski definition) is 1. The lowest BCUT2D eigenvalue weighted by atomic mass is 10.2. The first-order valence-corrected chi connectivity index (χ1v) is 5.94. The molecule has 0 aromatic rings. The highest BCUT2D eigenvalue weighted by Gasteiger charge is 2.33. The highest BCUT2D eigenvalue weighted by atomic mass is 16.6. The van der Waals surface area contributed by atoms with E-state index >= 15 is 0 Å². The van der Waals surface area contributed by atoms with E-state index in [1.807, 2.05) is 6.92 Å². The molecular weight excluding hydrogens is 222 g/mol. The summed E-state index contributed by atoms with van der Waals surface area (Å²) >= 11 is 0. The van der Waals surface area contributed by atoms with E-state index in [-0.39, 0.29) is 18.0 Å². The molecule has 5 nitrogen and oxygen atoms in total. The van der Waals surface area contributed by atoms with Crippen LogP contribution in [0.2, 0.25) is 0 Å². The van der Waals surface area contributed by atoms with Gasteiger partial charge >= 0.3 is 5.97 Å². The number of rotatable bonds is 6. The Morgan fingerprint density at radius 2 is 2.18 bits per heavy atom. The number of nitrogens with two attached hydrogens (primary N) is 1. The molecule has 1 aliphatic rings. The second-order valence-electron chi connectivity index (χ2n) is 3.95. The van der Waals surface area contributed by atoms with Crippen molar-refractivity contribution in [2.75, 3.05) is 6.54 Å². The van der Waals surface area contributed by atoms with Gasteiger partial charge in [0.25, 0.3) is 0 Å². The average Bonchev–Trinajstić information content (AvgIpc) is 2.57. The second kappa shape index (κ2) is 6.39. The number of ketones is 1. The van der Waals surface area contributed by atoms with Crippen molar-refractivity contribution in [1.82, 2.24) is 0 Å². The highest BCUT2D eigenvalue weighted by molar-refractivity contribution is 6.00. The summed E-state index contributed by atoms with van der Waals surface area (Å²) in [6, 6.07) is 0. The third-order valence-electron chi connectivity index (χ3n) is 2.54. The fraction of sp³-hybridized carbons (Fsp3) is 0.667. The van der Waals surface area contributed by atoms with E-state index in [1.165, 1.54) is 0 Å². The van der Waals surface area contributed by atoms with E-state index in [1.54, 1.807) is 6.92 Å². The molecule has 0 saturated carbocycles. The van der Waals surface area contributed by atoms with Crippen LogP contribution < -0.4 is 5.73 Å². The first kappa shape index (κ1) is 13.7. The molecule has 5 heteroatoms. The van der Waals surface area contributed by atoms with Gasteiger partial charge in [-0.05, 0) is 26.3 Å². The SMILES string of the molecule is CCC1=C(OC(=O)CCCCN)C(=O)C(C)O1. The number of Topliss-reactive ketones (excluding diaryl/α,β-unsaturated/α-hetero) is 1. The Labute approximate surface area is 101 Å². The number of ether oxygens (including phenoxy) is 2. The van der Waals surface area contributed by atoms with E-state index < -0.39 is 12.1 Å². The van der Waals surface area contributed by atoms with Crippen molar-refractivity contribution in [3.05, 3.63) is 11.5 Å². The molecule has 96 valence electrons. The van der Waals surface area contributed by atoms with Crippen LogP contribution >= 0.6 is 0 Å². The summed E-state index contributed by atoms with van der Waals surface area (Å²) in [6.07, 6.45) is 1.72. The molecule has 0 fully saturated rings. The zero-order valence-corrected chi connectivity index (χ0v) is 10.3. The van der Waals surface area contributed by atoms with Gasteiger partial charge in [-0.1, -0.05) is 6.92 Å². The summed E-state index contributed by atoms with van der Waals surface area (Å²) in [5.41, 5.74) is 5.33. The van der Waals surface area contributed by atoms with Crippen molar-refractivity contribution in [1.29, 1.82) is 0 Å². The first-order chi connectivity index (χ1) is 8.10. The van der Waals surface area contributed by atoms with Crippen LogP contribution in [0.25, 0.3) is 0 Å². The van der Waals surface area contributed by atoms with Gasteiger partial charge in [-0.2, -0.15) is 0 Å². The first-order valence-electron chi connectivity index (χ1n) is 5.94. The molecule has 1 atom stereocenters. The van der Waals surface area contributed by atoms with Crippen LogP contribution in [-0.4, -0.2) is 24.4 Å². The molecular formula is C12H19NO4. The lowest BCUT2D eigenvalue weighted by Crippen LogP contribution is -2.17. The molecule has 0 aromatic heterocycles. The third-order valence-corrected chi connectivity index (χ3v) is 2.54. The Morgan fingerprint density at radius 3 is 2.76 bits per heavy atom. The number of carbonyl (C=O) groups excluding carboxylic acids is 2. The normalized spacial score (nSPS) is 19.5. The fourth-order valence-corrected chi connectivity index (χ4v) is 1.57. The summed E-state index contributed by atoms with van der Waals surface area (Å²) in [4.78, 5) is 23.1. The molecule has 1 heterocycles. The summed E-state index contributed by atoms with van der Waals surface area (Å²) in [6.45, 7) is 4.05. The van der Waals surface area contributed by atoms with Gasteiger partial charge in [-0.25, -0.2) is 0 Å². The molecule has 0 aliphatic carbocycles. The fourth-order valence-electron chi connectivity index (χ4n) is 1.57. The Balaban J connectivity index is 2.54. The van der Waals surface area contributed by atoms with Crippen LogP contribution in [0.4, 0.5) is 0 Å². The third kappa shape index (κ3) is 3.56. The minimum absolute atomic E-state index is 0.0812. The molecule has 0 aromatic carbocycles. The summed E-state index contributed by atoms with van der Waals surface area (Å²) in [5.74, 6) is -0.105. The maximum absolute atomic E-state index is 11.7. The van der Waals surface area contributed by atoms with Crippen LogP contribution in [0.1, 0.15) is 39.5 Å². The molecule has 17 heavy (non-hydrogen) atoms. The van der Waals surface area contributed by atoms with Crippen molar-refractivity contribution >= 4 is 11.8 Å². The van der Waals surface area contributed by atoms with Crippen molar-refractivity contribution in [2.24, 2.45) is 5.73 Å². The smallest absolute Gasteiger partial charge is 0.311 e. The number of carbonyl (C=O) groups is 2. The monoisotopic (exact) mass is 241 g/mol. The van der Waals surface area contributed by atoms with Gasteiger partial charge in [0.1, 0.15) is 5.76 Å². The molecule has 1 rings (SSSR count). The van der Waals surface area contributed by atoms with E-state index in [9.17, 15) is 9.59 Å². The molecule has 0 radical (unpaired) electrons. The molecule has 0 amide bonds. The Hall–Kier alpha value is -1.36. The van der Waals surface area contributed by atoms with Gasteiger partial charge in [0, 0.05) is 12.8 Å².